The molecule has 3 rings (SSSR count). The number of carboxylic acids is 1. The van der Waals surface area contributed by atoms with E-state index in [4.69, 9.17) is 0 Å². The van der Waals surface area contributed by atoms with Crippen LogP contribution in [0.2, 0.25) is 0 Å². The number of unbranched alkanes of at least 4 members (excludes halogenated alkanes) is 9. The Labute approximate surface area is 225 Å². The molecule has 3 aliphatic carbocycles. The van der Waals surface area contributed by atoms with Gasteiger partial charge in [0.05, 0.1) is 5.41 Å². The molecule has 3 saturated carbocycles. The Bertz CT molecular complexity index is 603. The van der Waals surface area contributed by atoms with Gasteiger partial charge in [-0.2, -0.15) is 0 Å². The molecule has 0 atom stereocenters. The Morgan fingerprint density at radius 2 is 1.11 bits per heavy atom. The van der Waals surface area contributed by atoms with Gasteiger partial charge in [0.1, 0.15) is 0 Å². The monoisotopic (exact) mass is 502 g/mol. The Kier molecular flexibility index (Phi) is 12.6. The summed E-state index contributed by atoms with van der Waals surface area (Å²) in [7, 11) is 0. The molecule has 0 aliphatic heterocycles. The molecule has 3 aliphatic rings. The summed E-state index contributed by atoms with van der Waals surface area (Å²) in [5, 5.41) is 10.8. The van der Waals surface area contributed by atoms with Crippen LogP contribution in [0.4, 0.5) is 0 Å². The first-order valence-corrected chi connectivity index (χ1v) is 16.8. The second-order valence-electron chi connectivity index (χ2n) is 13.6. The maximum absolute atomic E-state index is 13.1. The molecule has 36 heavy (non-hydrogen) atoms. The molecule has 0 radical (unpaired) electrons. The second-order valence-corrected chi connectivity index (χ2v) is 13.6. The molecular weight excluding hydrogens is 440 g/mol. The highest BCUT2D eigenvalue weighted by Crippen LogP contribution is 2.64. The van der Waals surface area contributed by atoms with E-state index in [9.17, 15) is 9.90 Å². The van der Waals surface area contributed by atoms with Crippen molar-refractivity contribution in [3.05, 3.63) is 0 Å². The minimum Gasteiger partial charge on any atom is -0.481 e. The zero-order valence-electron chi connectivity index (χ0n) is 24.5. The predicted octanol–water partition coefficient (Wildman–Crippen LogP) is 11.3. The summed E-state index contributed by atoms with van der Waals surface area (Å²) < 4.78 is 0. The maximum atomic E-state index is 13.1. The van der Waals surface area contributed by atoms with E-state index in [-0.39, 0.29) is 5.41 Å². The summed E-state index contributed by atoms with van der Waals surface area (Å²) in [5.74, 6) is 0.481. The van der Waals surface area contributed by atoms with Crippen LogP contribution in [0.15, 0.2) is 0 Å². The van der Waals surface area contributed by atoms with Gasteiger partial charge in [-0.05, 0) is 81.0 Å². The van der Waals surface area contributed by atoms with Crippen molar-refractivity contribution in [3.8, 4) is 0 Å². The smallest absolute Gasteiger partial charge is 0.310 e. The lowest BCUT2D eigenvalue weighted by atomic mass is 9.46. The molecule has 0 heterocycles. The van der Waals surface area contributed by atoms with Gasteiger partial charge >= 0.3 is 5.97 Å². The highest BCUT2D eigenvalue weighted by Gasteiger charge is 2.59. The molecule has 0 spiro atoms. The molecule has 3 fully saturated rings. The number of hydrogen-bond acceptors (Lipinski definition) is 1. The summed E-state index contributed by atoms with van der Waals surface area (Å²) in [6.45, 7) is 4.62. The van der Waals surface area contributed by atoms with Crippen LogP contribution >= 0.6 is 0 Å². The molecule has 0 aromatic heterocycles. The number of hydrogen-bond donors (Lipinski definition) is 1. The lowest BCUT2D eigenvalue weighted by Crippen LogP contribution is -2.53. The largest absolute Gasteiger partial charge is 0.481 e. The van der Waals surface area contributed by atoms with Gasteiger partial charge in [-0.1, -0.05) is 123 Å². The van der Waals surface area contributed by atoms with Gasteiger partial charge in [0.2, 0.25) is 0 Å². The Hall–Kier alpha value is -0.530. The fraction of sp³-hybridized carbons (Fsp3) is 0.971. The average molecular weight is 503 g/mol. The van der Waals surface area contributed by atoms with Crippen molar-refractivity contribution in [2.75, 3.05) is 0 Å². The van der Waals surface area contributed by atoms with Crippen LogP contribution in [0.3, 0.4) is 0 Å². The van der Waals surface area contributed by atoms with Crippen LogP contribution in [0.25, 0.3) is 0 Å². The Balaban J connectivity index is 1.74. The zero-order valence-corrected chi connectivity index (χ0v) is 24.5. The summed E-state index contributed by atoms with van der Waals surface area (Å²) >= 11 is 0. The normalized spacial score (nSPS) is 29.3. The van der Waals surface area contributed by atoms with E-state index in [0.29, 0.717) is 5.41 Å². The highest BCUT2D eigenvalue weighted by molar-refractivity contribution is 5.76. The van der Waals surface area contributed by atoms with Gasteiger partial charge in [-0.3, -0.25) is 4.79 Å². The van der Waals surface area contributed by atoms with E-state index in [1.54, 1.807) is 0 Å². The first-order chi connectivity index (χ1) is 17.5. The topological polar surface area (TPSA) is 37.3 Å². The van der Waals surface area contributed by atoms with Crippen LogP contribution in [0, 0.1) is 22.2 Å². The van der Waals surface area contributed by atoms with Gasteiger partial charge in [0.15, 0.2) is 0 Å². The second kappa shape index (κ2) is 15.2. The summed E-state index contributed by atoms with van der Waals surface area (Å²) in [4.78, 5) is 13.1. The van der Waals surface area contributed by atoms with Crippen molar-refractivity contribution in [2.24, 2.45) is 22.2 Å². The SMILES string of the molecule is CCCCCCCCCC1(C2(C(=O)O)CCCCC2)CCC(CCCCCC)(C2CCCCC2)CC1. The minimum atomic E-state index is -0.436. The van der Waals surface area contributed by atoms with Crippen molar-refractivity contribution in [1.82, 2.24) is 0 Å². The van der Waals surface area contributed by atoms with Crippen molar-refractivity contribution >= 4 is 5.97 Å². The lowest BCUT2D eigenvalue weighted by molar-refractivity contribution is -0.171. The first-order valence-electron chi connectivity index (χ1n) is 16.8. The Morgan fingerprint density at radius 3 is 1.69 bits per heavy atom. The molecule has 2 heteroatoms. The number of rotatable bonds is 16. The third-order valence-electron chi connectivity index (χ3n) is 11.6. The predicted molar refractivity (Wildman–Crippen MR) is 154 cm³/mol. The van der Waals surface area contributed by atoms with Crippen LogP contribution in [0.1, 0.15) is 187 Å². The number of carboxylic acid groups (broad SMARTS) is 1. The standard InChI is InChI=1S/C34H62O2/c1-3-5-7-9-10-11-17-23-33(34(31(35)36)24-18-13-19-25-34)28-26-32(27-29-33,22-16-8-6-4-2)30-20-14-12-15-21-30/h30H,3-29H2,1-2H3,(H,35,36). The summed E-state index contributed by atoms with van der Waals surface area (Å²) in [6, 6.07) is 0. The molecule has 0 unspecified atom stereocenters. The minimum absolute atomic E-state index is 0.0598. The number of carbonyl (C=O) groups is 1. The molecule has 2 nitrogen and oxygen atoms in total. The molecule has 210 valence electrons. The van der Waals surface area contributed by atoms with Gasteiger partial charge in [0, 0.05) is 0 Å². The zero-order chi connectivity index (χ0) is 25.7. The summed E-state index contributed by atoms with van der Waals surface area (Å²) in [5.41, 5.74) is 0.144. The number of aliphatic carboxylic acids is 1. The first kappa shape index (κ1) is 30.0. The third-order valence-corrected chi connectivity index (χ3v) is 11.6. The molecule has 0 bridgehead atoms. The molecular formula is C34H62O2. The van der Waals surface area contributed by atoms with Gasteiger partial charge in [-0.25, -0.2) is 0 Å². The molecule has 0 amide bonds. The van der Waals surface area contributed by atoms with Gasteiger partial charge < -0.3 is 5.11 Å². The van der Waals surface area contributed by atoms with E-state index < -0.39 is 11.4 Å². The third kappa shape index (κ3) is 7.31. The van der Waals surface area contributed by atoms with Crippen LogP contribution < -0.4 is 0 Å². The van der Waals surface area contributed by atoms with Gasteiger partial charge in [0.25, 0.3) is 0 Å². The van der Waals surface area contributed by atoms with Crippen LogP contribution in [-0.4, -0.2) is 11.1 Å². The fourth-order valence-corrected chi connectivity index (χ4v) is 9.22. The fourth-order valence-electron chi connectivity index (χ4n) is 9.22. The van der Waals surface area contributed by atoms with Crippen LogP contribution in [0.5, 0.6) is 0 Å². The van der Waals surface area contributed by atoms with E-state index in [0.717, 1.165) is 31.6 Å². The van der Waals surface area contributed by atoms with E-state index in [2.05, 4.69) is 13.8 Å². The van der Waals surface area contributed by atoms with Crippen molar-refractivity contribution in [2.45, 2.75) is 187 Å². The van der Waals surface area contributed by atoms with Crippen LogP contribution in [-0.2, 0) is 4.79 Å². The highest BCUT2D eigenvalue weighted by atomic mass is 16.4. The van der Waals surface area contributed by atoms with Crippen molar-refractivity contribution < 1.29 is 9.90 Å². The molecule has 0 aromatic rings. The van der Waals surface area contributed by atoms with Gasteiger partial charge in [-0.15, -0.1) is 0 Å². The maximum Gasteiger partial charge on any atom is 0.310 e. The molecule has 0 aromatic carbocycles. The van der Waals surface area contributed by atoms with E-state index >= 15 is 0 Å². The molecule has 1 N–H and O–H groups in total. The van der Waals surface area contributed by atoms with E-state index in [1.807, 2.05) is 0 Å². The van der Waals surface area contributed by atoms with Crippen molar-refractivity contribution in [3.63, 3.8) is 0 Å². The van der Waals surface area contributed by atoms with Crippen molar-refractivity contribution in [1.29, 1.82) is 0 Å². The lowest BCUT2D eigenvalue weighted by Gasteiger charge is -2.58. The average Bonchev–Trinajstić information content (AvgIpc) is 2.92. The quantitative estimate of drug-likeness (QED) is 0.213. The Morgan fingerprint density at radius 1 is 0.611 bits per heavy atom. The molecule has 0 saturated heterocycles. The summed E-state index contributed by atoms with van der Waals surface area (Å²) in [6.07, 6.45) is 35.1. The van der Waals surface area contributed by atoms with E-state index in [1.165, 1.54) is 148 Å².